The molecule has 0 spiro atoms. The van der Waals surface area contributed by atoms with Crippen molar-refractivity contribution in [2.24, 2.45) is 5.73 Å². The molecule has 0 aliphatic rings. The smallest absolute Gasteiger partial charge is 0.271 e. The number of nitrogens with two attached hydrogens (primary N) is 1. The van der Waals surface area contributed by atoms with Gasteiger partial charge in [0.05, 0.1) is 11.0 Å². The lowest BCUT2D eigenvalue weighted by molar-refractivity contribution is 0.0935. The lowest BCUT2D eigenvalue weighted by atomic mass is 10.1. The molecule has 3 N–H and O–H groups in total. The van der Waals surface area contributed by atoms with E-state index in [1.165, 1.54) is 11.3 Å². The summed E-state index contributed by atoms with van der Waals surface area (Å²) in [5.74, 6) is -0.170. The maximum atomic E-state index is 12.0. The van der Waals surface area contributed by atoms with Gasteiger partial charge in [0.15, 0.2) is 0 Å². The van der Waals surface area contributed by atoms with E-state index < -0.39 is 0 Å². The number of carbonyl (C=O) groups excluding carboxylic acids is 1. The standard InChI is InChI=1S/C13H16N4OS/c1-9(10-3-2-6-15-7-10)16-13(18)11-8-19-12(17-11)4-5-14/h2-3,6-9H,4-5,14H2,1H3,(H,16,18)/t9-/m0/s1. The fourth-order valence-corrected chi connectivity index (χ4v) is 2.43. The number of carbonyl (C=O) groups is 1. The van der Waals surface area contributed by atoms with Gasteiger partial charge >= 0.3 is 0 Å². The Labute approximate surface area is 115 Å². The van der Waals surface area contributed by atoms with Gasteiger partial charge in [-0.25, -0.2) is 4.98 Å². The van der Waals surface area contributed by atoms with Gasteiger partial charge in [0.1, 0.15) is 5.69 Å². The molecular weight excluding hydrogens is 260 g/mol. The number of nitrogens with zero attached hydrogens (tertiary/aromatic N) is 2. The Morgan fingerprint density at radius 3 is 3.11 bits per heavy atom. The van der Waals surface area contributed by atoms with Crippen LogP contribution in [0.3, 0.4) is 0 Å². The zero-order chi connectivity index (χ0) is 13.7. The molecule has 0 aliphatic carbocycles. The third kappa shape index (κ3) is 3.59. The topological polar surface area (TPSA) is 80.9 Å². The first kappa shape index (κ1) is 13.6. The molecule has 0 fully saturated rings. The molecule has 0 aliphatic heterocycles. The summed E-state index contributed by atoms with van der Waals surface area (Å²) in [6, 6.07) is 3.68. The van der Waals surface area contributed by atoms with Crippen LogP contribution < -0.4 is 11.1 Å². The van der Waals surface area contributed by atoms with Crippen LogP contribution in [0, 0.1) is 0 Å². The summed E-state index contributed by atoms with van der Waals surface area (Å²) in [6.45, 7) is 2.46. The van der Waals surface area contributed by atoms with Crippen molar-refractivity contribution in [1.82, 2.24) is 15.3 Å². The molecule has 0 radical (unpaired) electrons. The van der Waals surface area contributed by atoms with Crippen LogP contribution in [-0.4, -0.2) is 22.4 Å². The summed E-state index contributed by atoms with van der Waals surface area (Å²) in [4.78, 5) is 20.3. The molecule has 0 unspecified atom stereocenters. The van der Waals surface area contributed by atoms with Crippen molar-refractivity contribution in [1.29, 1.82) is 0 Å². The molecule has 1 amide bonds. The van der Waals surface area contributed by atoms with Gasteiger partial charge in [0, 0.05) is 24.2 Å². The first-order valence-electron chi connectivity index (χ1n) is 6.06. The van der Waals surface area contributed by atoms with E-state index in [1.807, 2.05) is 19.1 Å². The molecule has 2 aromatic heterocycles. The number of amides is 1. The Morgan fingerprint density at radius 2 is 2.42 bits per heavy atom. The lowest BCUT2D eigenvalue weighted by Crippen LogP contribution is -2.27. The third-order valence-electron chi connectivity index (χ3n) is 2.67. The van der Waals surface area contributed by atoms with Crippen LogP contribution in [0.4, 0.5) is 0 Å². The summed E-state index contributed by atoms with van der Waals surface area (Å²) < 4.78 is 0. The second kappa shape index (κ2) is 6.40. The van der Waals surface area contributed by atoms with Gasteiger partial charge < -0.3 is 11.1 Å². The van der Waals surface area contributed by atoms with E-state index in [0.29, 0.717) is 18.7 Å². The van der Waals surface area contributed by atoms with Gasteiger partial charge in [-0.2, -0.15) is 0 Å². The second-order valence-corrected chi connectivity index (χ2v) is 5.09. The van der Waals surface area contributed by atoms with E-state index >= 15 is 0 Å². The third-order valence-corrected chi connectivity index (χ3v) is 3.58. The summed E-state index contributed by atoms with van der Waals surface area (Å²) >= 11 is 1.46. The van der Waals surface area contributed by atoms with Crippen molar-refractivity contribution in [3.8, 4) is 0 Å². The van der Waals surface area contributed by atoms with Crippen LogP contribution in [-0.2, 0) is 6.42 Å². The molecule has 19 heavy (non-hydrogen) atoms. The Bertz CT molecular complexity index is 541. The van der Waals surface area contributed by atoms with E-state index in [-0.39, 0.29) is 11.9 Å². The maximum Gasteiger partial charge on any atom is 0.271 e. The average Bonchev–Trinajstić information content (AvgIpc) is 2.89. The molecule has 2 heterocycles. The van der Waals surface area contributed by atoms with Crippen molar-refractivity contribution in [2.75, 3.05) is 6.54 Å². The van der Waals surface area contributed by atoms with Gasteiger partial charge in [-0.05, 0) is 25.1 Å². The zero-order valence-corrected chi connectivity index (χ0v) is 11.5. The minimum Gasteiger partial charge on any atom is -0.344 e. The summed E-state index contributed by atoms with van der Waals surface area (Å²) in [5, 5.41) is 5.55. The van der Waals surface area contributed by atoms with E-state index in [4.69, 9.17) is 5.73 Å². The van der Waals surface area contributed by atoms with Crippen LogP contribution in [0.5, 0.6) is 0 Å². The molecule has 5 nitrogen and oxygen atoms in total. The number of hydrogen-bond donors (Lipinski definition) is 2. The highest BCUT2D eigenvalue weighted by atomic mass is 32.1. The molecule has 6 heteroatoms. The molecule has 0 saturated heterocycles. The monoisotopic (exact) mass is 276 g/mol. The van der Waals surface area contributed by atoms with E-state index in [0.717, 1.165) is 10.6 Å². The van der Waals surface area contributed by atoms with E-state index in [2.05, 4.69) is 15.3 Å². The molecule has 2 aromatic rings. The number of aromatic nitrogens is 2. The molecule has 0 aromatic carbocycles. The Balaban J connectivity index is 2.00. The van der Waals surface area contributed by atoms with Crippen molar-refractivity contribution in [3.05, 3.63) is 46.2 Å². The summed E-state index contributed by atoms with van der Waals surface area (Å²) in [7, 11) is 0. The molecule has 0 bridgehead atoms. The number of rotatable bonds is 5. The SMILES string of the molecule is C[C@H](NC(=O)c1csc(CCN)n1)c1cccnc1. The molecular formula is C13H16N4OS. The minimum absolute atomic E-state index is 0.0964. The highest BCUT2D eigenvalue weighted by Crippen LogP contribution is 2.13. The number of thiazole rings is 1. The first-order valence-corrected chi connectivity index (χ1v) is 6.94. The molecule has 1 atom stereocenters. The van der Waals surface area contributed by atoms with Crippen molar-refractivity contribution >= 4 is 17.2 Å². The average molecular weight is 276 g/mol. The van der Waals surface area contributed by atoms with Gasteiger partial charge in [-0.15, -0.1) is 11.3 Å². The van der Waals surface area contributed by atoms with Crippen LogP contribution in [0.25, 0.3) is 0 Å². The van der Waals surface area contributed by atoms with Gasteiger partial charge in [0.2, 0.25) is 0 Å². The maximum absolute atomic E-state index is 12.0. The Kier molecular flexibility index (Phi) is 4.59. The highest BCUT2D eigenvalue weighted by Gasteiger charge is 2.14. The summed E-state index contributed by atoms with van der Waals surface area (Å²) in [5.41, 5.74) is 6.88. The number of nitrogens with one attached hydrogen (secondary N) is 1. The normalized spacial score (nSPS) is 12.1. The summed E-state index contributed by atoms with van der Waals surface area (Å²) in [6.07, 6.45) is 4.15. The van der Waals surface area contributed by atoms with Crippen molar-refractivity contribution in [2.45, 2.75) is 19.4 Å². The van der Waals surface area contributed by atoms with Gasteiger partial charge in [-0.3, -0.25) is 9.78 Å². The fourth-order valence-electron chi connectivity index (χ4n) is 1.64. The van der Waals surface area contributed by atoms with Crippen LogP contribution in [0.2, 0.25) is 0 Å². The molecule has 100 valence electrons. The van der Waals surface area contributed by atoms with Crippen LogP contribution in [0.15, 0.2) is 29.9 Å². The fraction of sp³-hybridized carbons (Fsp3) is 0.308. The highest BCUT2D eigenvalue weighted by molar-refractivity contribution is 7.09. The predicted octanol–water partition coefficient (Wildman–Crippen LogP) is 1.53. The zero-order valence-electron chi connectivity index (χ0n) is 10.7. The Hall–Kier alpha value is -1.79. The number of pyridine rings is 1. The van der Waals surface area contributed by atoms with Crippen molar-refractivity contribution < 1.29 is 4.79 Å². The van der Waals surface area contributed by atoms with Gasteiger partial charge in [0.25, 0.3) is 5.91 Å². The number of hydrogen-bond acceptors (Lipinski definition) is 5. The van der Waals surface area contributed by atoms with E-state index in [1.54, 1.807) is 17.8 Å². The minimum atomic E-state index is -0.170. The van der Waals surface area contributed by atoms with Crippen LogP contribution in [0.1, 0.15) is 34.0 Å². The predicted molar refractivity (Wildman–Crippen MR) is 75.0 cm³/mol. The van der Waals surface area contributed by atoms with Gasteiger partial charge in [-0.1, -0.05) is 6.07 Å². The molecule has 0 saturated carbocycles. The quantitative estimate of drug-likeness (QED) is 0.867. The second-order valence-electron chi connectivity index (χ2n) is 4.15. The van der Waals surface area contributed by atoms with E-state index in [9.17, 15) is 4.79 Å². The lowest BCUT2D eigenvalue weighted by Gasteiger charge is -2.12. The first-order chi connectivity index (χ1) is 9.20. The Morgan fingerprint density at radius 1 is 1.58 bits per heavy atom. The largest absolute Gasteiger partial charge is 0.344 e. The van der Waals surface area contributed by atoms with Crippen molar-refractivity contribution in [3.63, 3.8) is 0 Å². The molecule has 2 rings (SSSR count). The van der Waals surface area contributed by atoms with Crippen LogP contribution >= 0.6 is 11.3 Å².